The molecule has 2 aromatic rings. The van der Waals surface area contributed by atoms with Crippen LogP contribution in [-0.2, 0) is 9.84 Å². The molecule has 0 unspecified atom stereocenters. The topological polar surface area (TPSA) is 66.9 Å². The number of methoxy groups -OCH3 is 1. The van der Waals surface area contributed by atoms with E-state index >= 15 is 0 Å². The lowest BCUT2D eigenvalue weighted by molar-refractivity contribution is 0.255. The van der Waals surface area contributed by atoms with Crippen molar-refractivity contribution in [1.82, 2.24) is 0 Å². The van der Waals surface area contributed by atoms with Gasteiger partial charge in [-0.3, -0.25) is 9.80 Å². The summed E-state index contributed by atoms with van der Waals surface area (Å²) < 4.78 is 29.8. The molecule has 4 rings (SSSR count). The summed E-state index contributed by atoms with van der Waals surface area (Å²) in [5.41, 5.74) is 2.45. The van der Waals surface area contributed by atoms with E-state index in [0.717, 1.165) is 11.3 Å². The van der Waals surface area contributed by atoms with Gasteiger partial charge in [0.25, 0.3) is 0 Å². The quantitative estimate of drug-likeness (QED) is 0.777. The molecule has 2 fully saturated rings. The second-order valence-corrected chi connectivity index (χ2v) is 8.93. The molecule has 2 atom stereocenters. The first-order chi connectivity index (χ1) is 12.4. The Morgan fingerprint density at radius 2 is 1.58 bits per heavy atom. The Bertz CT molecular complexity index is 956. The maximum atomic E-state index is 13.2. The van der Waals surface area contributed by atoms with E-state index in [0.29, 0.717) is 11.4 Å². The van der Waals surface area contributed by atoms with Crippen molar-refractivity contribution < 1.29 is 17.9 Å². The summed E-state index contributed by atoms with van der Waals surface area (Å²) >= 11 is 0. The second-order valence-electron chi connectivity index (χ2n) is 6.77. The van der Waals surface area contributed by atoms with E-state index in [1.54, 1.807) is 41.2 Å². The van der Waals surface area contributed by atoms with Crippen molar-refractivity contribution in [2.45, 2.75) is 19.0 Å². The molecule has 0 saturated carbocycles. The van der Waals surface area contributed by atoms with Crippen LogP contribution in [0, 0.1) is 6.92 Å². The number of carbonyl (C=O) groups excluding carboxylic acids is 1. The number of benzene rings is 2. The van der Waals surface area contributed by atoms with E-state index in [4.69, 9.17) is 4.74 Å². The number of sulfone groups is 1. The summed E-state index contributed by atoms with van der Waals surface area (Å²) in [5, 5.41) is 0. The van der Waals surface area contributed by atoms with E-state index in [1.807, 2.05) is 31.2 Å². The van der Waals surface area contributed by atoms with Crippen LogP contribution < -0.4 is 14.5 Å². The largest absolute Gasteiger partial charge is 0.497 e. The molecule has 6 nitrogen and oxygen atoms in total. The van der Waals surface area contributed by atoms with Crippen LogP contribution in [0.5, 0.6) is 5.75 Å². The fraction of sp³-hybridized carbons (Fsp3) is 0.316. The Balaban J connectivity index is 1.80. The average Bonchev–Trinajstić information content (AvgIpc) is 3.04. The molecule has 2 saturated heterocycles. The number of rotatable bonds is 3. The molecular weight excluding hydrogens is 352 g/mol. The van der Waals surface area contributed by atoms with Gasteiger partial charge in [0, 0.05) is 17.4 Å². The molecule has 7 heteroatoms. The highest BCUT2D eigenvalue weighted by molar-refractivity contribution is 7.91. The third-order valence-electron chi connectivity index (χ3n) is 5.01. The summed E-state index contributed by atoms with van der Waals surface area (Å²) in [6.45, 7) is 1.97. The minimum atomic E-state index is -3.20. The first-order valence-electron chi connectivity index (χ1n) is 8.43. The van der Waals surface area contributed by atoms with Crippen molar-refractivity contribution in [1.29, 1.82) is 0 Å². The smallest absolute Gasteiger partial charge is 0.329 e. The van der Waals surface area contributed by atoms with Crippen molar-refractivity contribution in [2.24, 2.45) is 0 Å². The summed E-state index contributed by atoms with van der Waals surface area (Å²) in [6.07, 6.45) is 0. The van der Waals surface area contributed by atoms with Gasteiger partial charge in [0.2, 0.25) is 0 Å². The third kappa shape index (κ3) is 2.72. The van der Waals surface area contributed by atoms with Crippen molar-refractivity contribution in [3.63, 3.8) is 0 Å². The molecule has 0 radical (unpaired) electrons. The van der Waals surface area contributed by atoms with Gasteiger partial charge in [-0.1, -0.05) is 23.8 Å². The Labute approximate surface area is 152 Å². The van der Waals surface area contributed by atoms with Gasteiger partial charge in [-0.15, -0.1) is 0 Å². The fourth-order valence-electron chi connectivity index (χ4n) is 3.77. The van der Waals surface area contributed by atoms with Crippen LogP contribution in [0.4, 0.5) is 16.2 Å². The van der Waals surface area contributed by atoms with Gasteiger partial charge in [0.1, 0.15) is 5.75 Å². The van der Waals surface area contributed by atoms with Gasteiger partial charge in [-0.05, 0) is 31.2 Å². The number of anilines is 2. The highest BCUT2D eigenvalue weighted by atomic mass is 32.2. The Morgan fingerprint density at radius 1 is 0.962 bits per heavy atom. The number of ether oxygens (including phenoxy) is 1. The molecular formula is C19H20N2O4S. The first kappa shape index (κ1) is 16.9. The van der Waals surface area contributed by atoms with E-state index < -0.39 is 15.9 Å². The number of carbonyl (C=O) groups is 1. The molecule has 136 valence electrons. The number of hydrogen-bond donors (Lipinski definition) is 0. The standard InChI is InChI=1S/C19H20N2O4S/c1-13-6-8-14(9-7-13)20-17-11-26(23,24)12-18(17)21(19(20)22)15-4-3-5-16(10-15)25-2/h3-10,17-18H,11-12H2,1-2H3/t17-,18+/m0/s1. The number of urea groups is 1. The van der Waals surface area contributed by atoms with Crippen molar-refractivity contribution in [3.05, 3.63) is 54.1 Å². The van der Waals surface area contributed by atoms with Gasteiger partial charge in [-0.25, -0.2) is 13.2 Å². The lowest BCUT2D eigenvalue weighted by atomic mass is 10.1. The Kier molecular flexibility index (Phi) is 3.91. The fourth-order valence-corrected chi connectivity index (χ4v) is 5.69. The van der Waals surface area contributed by atoms with Gasteiger partial charge < -0.3 is 4.74 Å². The van der Waals surface area contributed by atoms with Crippen LogP contribution in [0.3, 0.4) is 0 Å². The van der Waals surface area contributed by atoms with E-state index in [-0.39, 0.29) is 23.6 Å². The molecule has 2 heterocycles. The van der Waals surface area contributed by atoms with E-state index in [2.05, 4.69) is 0 Å². The molecule has 26 heavy (non-hydrogen) atoms. The third-order valence-corrected chi connectivity index (χ3v) is 6.71. The predicted octanol–water partition coefficient (Wildman–Crippen LogP) is 2.62. The predicted molar refractivity (Wildman–Crippen MR) is 101 cm³/mol. The summed E-state index contributed by atoms with van der Waals surface area (Å²) in [4.78, 5) is 16.4. The summed E-state index contributed by atoms with van der Waals surface area (Å²) in [7, 11) is -1.64. The lowest BCUT2D eigenvalue weighted by Gasteiger charge is -2.23. The zero-order chi connectivity index (χ0) is 18.5. The molecule has 0 spiro atoms. The Morgan fingerprint density at radius 3 is 2.19 bits per heavy atom. The van der Waals surface area contributed by atoms with Crippen LogP contribution in [0.25, 0.3) is 0 Å². The van der Waals surface area contributed by atoms with Crippen molar-refractivity contribution >= 4 is 27.2 Å². The zero-order valence-corrected chi connectivity index (χ0v) is 15.4. The zero-order valence-electron chi connectivity index (χ0n) is 14.6. The van der Waals surface area contributed by atoms with Crippen LogP contribution in [0.1, 0.15) is 5.56 Å². The molecule has 2 aliphatic heterocycles. The van der Waals surface area contributed by atoms with E-state index in [9.17, 15) is 13.2 Å². The molecule has 2 aromatic carbocycles. The van der Waals surface area contributed by atoms with Crippen LogP contribution >= 0.6 is 0 Å². The monoisotopic (exact) mass is 372 g/mol. The number of fused-ring (bicyclic) bond motifs is 1. The number of hydrogen-bond acceptors (Lipinski definition) is 4. The average molecular weight is 372 g/mol. The minimum Gasteiger partial charge on any atom is -0.497 e. The molecule has 0 bridgehead atoms. The number of amides is 2. The van der Waals surface area contributed by atoms with Crippen LogP contribution in [0.2, 0.25) is 0 Å². The molecule has 0 aromatic heterocycles. The number of nitrogens with zero attached hydrogens (tertiary/aromatic N) is 2. The second kappa shape index (κ2) is 6.02. The number of aryl methyl sites for hydroxylation is 1. The van der Waals surface area contributed by atoms with Crippen LogP contribution in [0.15, 0.2) is 48.5 Å². The van der Waals surface area contributed by atoms with Gasteiger partial charge in [0.15, 0.2) is 9.84 Å². The van der Waals surface area contributed by atoms with Crippen LogP contribution in [-0.4, -0.2) is 45.1 Å². The highest BCUT2D eigenvalue weighted by Gasteiger charge is 2.54. The SMILES string of the molecule is COc1cccc(N2C(=O)N(c3ccc(C)cc3)[C@H]3CS(=O)(=O)C[C@H]32)c1. The molecule has 0 N–H and O–H groups in total. The normalized spacial score (nSPS) is 24.0. The van der Waals surface area contributed by atoms with Crippen molar-refractivity contribution in [3.8, 4) is 5.75 Å². The highest BCUT2D eigenvalue weighted by Crippen LogP contribution is 2.38. The maximum absolute atomic E-state index is 13.2. The maximum Gasteiger partial charge on any atom is 0.329 e. The van der Waals surface area contributed by atoms with Gasteiger partial charge in [-0.2, -0.15) is 0 Å². The van der Waals surface area contributed by atoms with Crippen molar-refractivity contribution in [2.75, 3.05) is 28.4 Å². The lowest BCUT2D eigenvalue weighted by Crippen LogP contribution is -2.37. The minimum absolute atomic E-state index is 0.0161. The first-order valence-corrected chi connectivity index (χ1v) is 10.3. The van der Waals surface area contributed by atoms with Gasteiger partial charge >= 0.3 is 6.03 Å². The summed E-state index contributed by atoms with van der Waals surface area (Å²) in [6, 6.07) is 13.8. The molecule has 0 aliphatic carbocycles. The molecule has 2 amide bonds. The van der Waals surface area contributed by atoms with E-state index in [1.165, 1.54) is 0 Å². The summed E-state index contributed by atoms with van der Waals surface area (Å²) in [5.74, 6) is 0.585. The Hall–Kier alpha value is -2.54. The molecule has 2 aliphatic rings. The van der Waals surface area contributed by atoms with Gasteiger partial charge in [0.05, 0.1) is 30.7 Å².